The van der Waals surface area contributed by atoms with Gasteiger partial charge in [-0.05, 0) is 43.2 Å². The van der Waals surface area contributed by atoms with Gasteiger partial charge in [0.2, 0.25) is 0 Å². The summed E-state index contributed by atoms with van der Waals surface area (Å²) in [4.78, 5) is 38.4. The first-order chi connectivity index (χ1) is 16.6. The van der Waals surface area contributed by atoms with Crippen molar-refractivity contribution in [3.8, 4) is 10.4 Å². The topological polar surface area (TPSA) is 75.2 Å². The molecule has 6 nitrogen and oxygen atoms in total. The zero-order chi connectivity index (χ0) is 23.5. The molecule has 1 aliphatic heterocycles. The highest BCUT2D eigenvalue weighted by Crippen LogP contribution is 2.32. The molecule has 0 saturated carbocycles. The number of carbonyl (C=O) groups excluding carboxylic acids is 2. The van der Waals surface area contributed by atoms with E-state index in [4.69, 9.17) is 0 Å². The van der Waals surface area contributed by atoms with E-state index in [9.17, 15) is 9.59 Å². The Morgan fingerprint density at radius 2 is 1.82 bits per heavy atom. The highest BCUT2D eigenvalue weighted by atomic mass is 32.1. The van der Waals surface area contributed by atoms with Crippen molar-refractivity contribution >= 4 is 33.9 Å². The number of hydrogen-bond acceptors (Lipinski definition) is 5. The molecular weight excluding hydrogens is 444 g/mol. The molecule has 1 unspecified atom stereocenters. The van der Waals surface area contributed by atoms with Crippen LogP contribution in [0.4, 0.5) is 0 Å². The Morgan fingerprint density at radius 3 is 2.68 bits per heavy atom. The number of amides is 2. The number of aryl methyl sites for hydroxylation is 1. The third-order valence-corrected chi connectivity index (χ3v) is 7.27. The second-order valence-corrected chi connectivity index (χ2v) is 9.72. The van der Waals surface area contributed by atoms with E-state index in [-0.39, 0.29) is 17.9 Å². The fourth-order valence-corrected chi connectivity index (χ4v) is 5.48. The minimum atomic E-state index is -0.218. The first kappa shape index (κ1) is 22.2. The molecule has 2 aromatic carbocycles. The van der Waals surface area contributed by atoms with Gasteiger partial charge in [-0.1, -0.05) is 54.6 Å². The Morgan fingerprint density at radius 1 is 1.03 bits per heavy atom. The van der Waals surface area contributed by atoms with E-state index in [1.165, 1.54) is 0 Å². The van der Waals surface area contributed by atoms with Crippen LogP contribution >= 0.6 is 11.3 Å². The van der Waals surface area contributed by atoms with Gasteiger partial charge in [-0.2, -0.15) is 0 Å². The monoisotopic (exact) mass is 470 g/mol. The normalized spacial score (nSPS) is 15.9. The van der Waals surface area contributed by atoms with E-state index in [1.54, 1.807) is 17.5 Å². The zero-order valence-corrected chi connectivity index (χ0v) is 19.8. The van der Waals surface area contributed by atoms with Crippen LogP contribution in [-0.2, 0) is 0 Å². The van der Waals surface area contributed by atoms with E-state index < -0.39 is 0 Å². The minimum Gasteiger partial charge on any atom is -0.349 e. The molecule has 1 N–H and O–H groups in total. The molecule has 4 aromatic rings. The van der Waals surface area contributed by atoms with Gasteiger partial charge < -0.3 is 10.2 Å². The second-order valence-electron chi connectivity index (χ2n) is 8.52. The van der Waals surface area contributed by atoms with Crippen LogP contribution in [0.5, 0.6) is 0 Å². The summed E-state index contributed by atoms with van der Waals surface area (Å²) in [5.41, 5.74) is 1.91. The lowest BCUT2D eigenvalue weighted by Gasteiger charge is -2.35. The van der Waals surface area contributed by atoms with Crippen LogP contribution in [0, 0.1) is 6.92 Å². The van der Waals surface area contributed by atoms with Crippen LogP contribution in [0.25, 0.3) is 21.2 Å². The number of nitrogens with zero attached hydrogens (tertiary/aromatic N) is 3. The predicted octanol–water partition coefficient (Wildman–Crippen LogP) is 5.09. The lowest BCUT2D eigenvalue weighted by molar-refractivity contribution is 0.0598. The number of aromatic nitrogens is 2. The Labute approximate surface area is 202 Å². The van der Waals surface area contributed by atoms with Gasteiger partial charge in [-0.15, -0.1) is 11.3 Å². The van der Waals surface area contributed by atoms with Gasteiger partial charge in [0.1, 0.15) is 11.4 Å². The highest BCUT2D eigenvalue weighted by Gasteiger charge is 2.31. The standard InChI is InChI=1S/C27H26N4O2S/c1-18-30-24(25(34-18)20-10-3-2-4-11-20)27(33)31-16-8-7-12-21(31)17-29-26(32)23-22-13-6-5-9-19(22)14-15-28-23/h2-6,9-11,13-15,21H,7-8,12,16-17H2,1H3,(H,29,32). The number of carbonyl (C=O) groups is 2. The summed E-state index contributed by atoms with van der Waals surface area (Å²) in [6.45, 7) is 2.98. The van der Waals surface area contributed by atoms with Crippen molar-refractivity contribution in [2.24, 2.45) is 0 Å². The fraction of sp³-hybridized carbons (Fsp3) is 0.259. The summed E-state index contributed by atoms with van der Waals surface area (Å²) >= 11 is 1.54. The molecule has 0 bridgehead atoms. The van der Waals surface area contributed by atoms with Gasteiger partial charge in [0.05, 0.1) is 9.88 Å². The first-order valence-electron chi connectivity index (χ1n) is 11.6. The van der Waals surface area contributed by atoms with Gasteiger partial charge >= 0.3 is 0 Å². The maximum Gasteiger partial charge on any atom is 0.274 e. The van der Waals surface area contributed by atoms with Crippen LogP contribution < -0.4 is 5.32 Å². The Bertz CT molecular complexity index is 1330. The molecule has 172 valence electrons. The maximum absolute atomic E-state index is 13.7. The van der Waals surface area contributed by atoms with Crippen molar-refractivity contribution in [1.82, 2.24) is 20.2 Å². The molecule has 1 aliphatic rings. The van der Waals surface area contributed by atoms with Crippen LogP contribution in [0.3, 0.4) is 0 Å². The average molecular weight is 471 g/mol. The molecule has 7 heteroatoms. The van der Waals surface area contributed by atoms with E-state index in [0.29, 0.717) is 24.5 Å². The van der Waals surface area contributed by atoms with Crippen LogP contribution in [-0.4, -0.2) is 45.8 Å². The summed E-state index contributed by atoms with van der Waals surface area (Å²) in [6, 6.07) is 19.5. The molecule has 1 atom stereocenters. The van der Waals surface area contributed by atoms with Gasteiger partial charge in [0.15, 0.2) is 0 Å². The van der Waals surface area contributed by atoms with Crippen molar-refractivity contribution in [3.63, 3.8) is 0 Å². The Kier molecular flexibility index (Phi) is 6.36. The summed E-state index contributed by atoms with van der Waals surface area (Å²) in [5.74, 6) is -0.283. The van der Waals surface area contributed by atoms with Crippen molar-refractivity contribution in [2.75, 3.05) is 13.1 Å². The number of hydrogen-bond donors (Lipinski definition) is 1. The number of fused-ring (bicyclic) bond motifs is 1. The van der Waals surface area contributed by atoms with Crippen LogP contribution in [0.2, 0.25) is 0 Å². The van der Waals surface area contributed by atoms with Crippen LogP contribution in [0.15, 0.2) is 66.9 Å². The maximum atomic E-state index is 13.7. The third-order valence-electron chi connectivity index (χ3n) is 6.25. The number of piperidine rings is 1. The smallest absolute Gasteiger partial charge is 0.274 e. The molecule has 2 amide bonds. The van der Waals surface area contributed by atoms with E-state index in [2.05, 4.69) is 15.3 Å². The summed E-state index contributed by atoms with van der Waals surface area (Å²) in [7, 11) is 0. The van der Waals surface area contributed by atoms with Crippen molar-refractivity contribution in [3.05, 3.63) is 83.3 Å². The summed E-state index contributed by atoms with van der Waals surface area (Å²) < 4.78 is 0. The van der Waals surface area contributed by atoms with Crippen LogP contribution in [0.1, 0.15) is 45.2 Å². The van der Waals surface area contributed by atoms with E-state index >= 15 is 0 Å². The highest BCUT2D eigenvalue weighted by molar-refractivity contribution is 7.15. The number of rotatable bonds is 5. The molecule has 0 aliphatic carbocycles. The quantitative estimate of drug-likeness (QED) is 0.441. The van der Waals surface area contributed by atoms with Crippen molar-refractivity contribution < 1.29 is 9.59 Å². The Hall–Kier alpha value is -3.58. The van der Waals surface area contributed by atoms with Crippen molar-refractivity contribution in [2.45, 2.75) is 32.2 Å². The fourth-order valence-electron chi connectivity index (χ4n) is 4.57. The summed E-state index contributed by atoms with van der Waals surface area (Å²) in [5, 5.41) is 5.70. The first-order valence-corrected chi connectivity index (χ1v) is 12.4. The number of thiazole rings is 1. The van der Waals surface area contributed by atoms with Gasteiger partial charge in [-0.3, -0.25) is 14.6 Å². The lowest BCUT2D eigenvalue weighted by Crippen LogP contribution is -2.49. The number of likely N-dealkylation sites (tertiary alicyclic amines) is 1. The van der Waals surface area contributed by atoms with Gasteiger partial charge in [-0.25, -0.2) is 4.98 Å². The average Bonchev–Trinajstić information content (AvgIpc) is 3.29. The molecule has 5 rings (SSSR count). The number of benzene rings is 2. The molecule has 1 fully saturated rings. The van der Waals surface area contributed by atoms with Crippen molar-refractivity contribution in [1.29, 1.82) is 0 Å². The van der Waals surface area contributed by atoms with E-state index in [1.807, 2.05) is 72.5 Å². The van der Waals surface area contributed by atoms with Gasteiger partial charge in [0, 0.05) is 30.7 Å². The second kappa shape index (κ2) is 9.73. The zero-order valence-electron chi connectivity index (χ0n) is 19.0. The molecule has 1 saturated heterocycles. The van der Waals surface area contributed by atoms with Gasteiger partial charge in [0.25, 0.3) is 11.8 Å². The molecule has 0 spiro atoms. The molecule has 0 radical (unpaired) electrons. The Balaban J connectivity index is 1.35. The molecule has 3 heterocycles. The lowest BCUT2D eigenvalue weighted by atomic mass is 10.0. The third kappa shape index (κ3) is 4.43. The minimum absolute atomic E-state index is 0.0644. The number of pyridine rings is 1. The predicted molar refractivity (Wildman–Crippen MR) is 135 cm³/mol. The van der Waals surface area contributed by atoms with E-state index in [0.717, 1.165) is 45.5 Å². The molecule has 2 aromatic heterocycles. The summed E-state index contributed by atoms with van der Waals surface area (Å²) in [6.07, 6.45) is 4.48. The SMILES string of the molecule is Cc1nc(C(=O)N2CCCCC2CNC(=O)c2nccc3ccccc23)c(-c2ccccc2)s1. The largest absolute Gasteiger partial charge is 0.349 e. The molecule has 34 heavy (non-hydrogen) atoms. The number of nitrogens with one attached hydrogen (secondary N) is 1. The molecular formula is C27H26N4O2S.